The van der Waals surface area contributed by atoms with Gasteiger partial charge in [-0.25, -0.2) is 4.98 Å². The van der Waals surface area contributed by atoms with Gasteiger partial charge in [0.05, 0.1) is 5.69 Å². The van der Waals surface area contributed by atoms with Crippen LogP contribution in [0.4, 0.5) is 0 Å². The lowest BCUT2D eigenvalue weighted by Crippen LogP contribution is -2.25. The molecule has 3 rings (SSSR count). The van der Waals surface area contributed by atoms with Crippen molar-refractivity contribution in [2.45, 2.75) is 33.7 Å². The van der Waals surface area contributed by atoms with Gasteiger partial charge in [-0.05, 0) is 36.4 Å². The third-order valence-electron chi connectivity index (χ3n) is 4.30. The van der Waals surface area contributed by atoms with Crippen molar-refractivity contribution in [1.29, 1.82) is 0 Å². The first-order valence-corrected chi connectivity index (χ1v) is 7.17. The van der Waals surface area contributed by atoms with Crippen molar-refractivity contribution in [2.24, 2.45) is 11.3 Å². The van der Waals surface area contributed by atoms with Crippen molar-refractivity contribution in [3.63, 3.8) is 0 Å². The normalized spacial score (nSPS) is 21.3. The highest BCUT2D eigenvalue weighted by Crippen LogP contribution is 2.33. The molecular weight excluding hydrogens is 234 g/mol. The average Bonchev–Trinajstić information content (AvgIpc) is 2.94. The number of imidazole rings is 1. The van der Waals surface area contributed by atoms with Gasteiger partial charge in [-0.2, -0.15) is 0 Å². The number of hydrogen-bond donors (Lipinski definition) is 0. The second kappa shape index (κ2) is 4.64. The van der Waals surface area contributed by atoms with Crippen LogP contribution in [-0.4, -0.2) is 27.4 Å². The molecule has 19 heavy (non-hydrogen) atoms. The second-order valence-corrected chi connectivity index (χ2v) is 6.79. The highest BCUT2D eigenvalue weighted by molar-refractivity contribution is 5.39. The van der Waals surface area contributed by atoms with E-state index < -0.39 is 0 Å². The summed E-state index contributed by atoms with van der Waals surface area (Å²) in [6.07, 6.45) is 5.53. The topological polar surface area (TPSA) is 20.5 Å². The summed E-state index contributed by atoms with van der Waals surface area (Å²) in [4.78, 5) is 7.22. The number of hydrogen-bond acceptors (Lipinski definition) is 2. The fourth-order valence-corrected chi connectivity index (χ4v) is 2.98. The molecule has 2 aromatic heterocycles. The highest BCUT2D eigenvalue weighted by atomic mass is 15.2. The number of rotatable bonds is 2. The summed E-state index contributed by atoms with van der Waals surface area (Å²) in [6.45, 7) is 10.5. The Kier molecular flexibility index (Phi) is 3.09. The van der Waals surface area contributed by atoms with Crippen molar-refractivity contribution in [3.8, 4) is 0 Å². The lowest BCUT2D eigenvalue weighted by atomic mass is 9.80. The number of likely N-dealkylation sites (tertiary alicyclic amines) is 1. The van der Waals surface area contributed by atoms with Gasteiger partial charge >= 0.3 is 0 Å². The zero-order valence-electron chi connectivity index (χ0n) is 12.1. The van der Waals surface area contributed by atoms with Gasteiger partial charge in [0.25, 0.3) is 0 Å². The highest BCUT2D eigenvalue weighted by Gasteiger charge is 2.31. The summed E-state index contributed by atoms with van der Waals surface area (Å²) in [5.41, 5.74) is 2.65. The Morgan fingerprint density at radius 3 is 2.84 bits per heavy atom. The molecule has 102 valence electrons. The molecule has 1 atom stereocenters. The number of aromatic nitrogens is 2. The molecule has 0 bridgehead atoms. The molecule has 1 unspecified atom stereocenters. The SMILES string of the molecule is CC(C)(C)C1CCN(Cc2cn3ccccc3n2)C1. The van der Waals surface area contributed by atoms with Gasteiger partial charge in [-0.15, -0.1) is 0 Å². The summed E-state index contributed by atoms with van der Waals surface area (Å²) in [5.74, 6) is 0.810. The summed E-state index contributed by atoms with van der Waals surface area (Å²) < 4.78 is 2.10. The van der Waals surface area contributed by atoms with Crippen LogP contribution in [0.1, 0.15) is 32.9 Å². The van der Waals surface area contributed by atoms with Gasteiger partial charge in [-0.1, -0.05) is 26.8 Å². The van der Waals surface area contributed by atoms with Gasteiger partial charge in [0.15, 0.2) is 0 Å². The van der Waals surface area contributed by atoms with Crippen LogP contribution < -0.4 is 0 Å². The maximum Gasteiger partial charge on any atom is 0.137 e. The maximum atomic E-state index is 4.68. The van der Waals surface area contributed by atoms with Crippen molar-refractivity contribution >= 4 is 5.65 Å². The summed E-state index contributed by atoms with van der Waals surface area (Å²) in [5, 5.41) is 0. The molecule has 3 heterocycles. The fraction of sp³-hybridized carbons (Fsp3) is 0.562. The molecule has 1 saturated heterocycles. The van der Waals surface area contributed by atoms with E-state index >= 15 is 0 Å². The molecule has 1 aliphatic heterocycles. The summed E-state index contributed by atoms with van der Waals surface area (Å²) >= 11 is 0. The number of fused-ring (bicyclic) bond motifs is 1. The van der Waals surface area contributed by atoms with Crippen LogP contribution in [0.2, 0.25) is 0 Å². The van der Waals surface area contributed by atoms with Crippen LogP contribution in [0.15, 0.2) is 30.6 Å². The maximum absolute atomic E-state index is 4.68. The molecule has 1 aliphatic rings. The molecule has 1 fully saturated rings. The lowest BCUT2D eigenvalue weighted by molar-refractivity contribution is 0.225. The molecule has 0 N–H and O–H groups in total. The Hall–Kier alpha value is -1.35. The van der Waals surface area contributed by atoms with E-state index in [4.69, 9.17) is 0 Å². The molecule has 3 heteroatoms. The Bertz CT molecular complexity index is 532. The quantitative estimate of drug-likeness (QED) is 0.823. The van der Waals surface area contributed by atoms with E-state index in [0.717, 1.165) is 18.1 Å². The minimum atomic E-state index is 0.424. The molecule has 0 amide bonds. The Labute approximate surface area is 115 Å². The number of nitrogens with zero attached hydrogens (tertiary/aromatic N) is 3. The third kappa shape index (κ3) is 2.66. The molecule has 0 aromatic carbocycles. The lowest BCUT2D eigenvalue weighted by Gasteiger charge is -2.26. The Balaban J connectivity index is 1.69. The first-order chi connectivity index (χ1) is 9.02. The van der Waals surface area contributed by atoms with Gasteiger partial charge in [-0.3, -0.25) is 4.90 Å². The standard InChI is InChI=1S/C16H23N3/c1-16(2,3)13-7-9-18(10-13)11-14-12-19-8-5-4-6-15(19)17-14/h4-6,8,12-13H,7,9-11H2,1-3H3. The van der Waals surface area contributed by atoms with E-state index in [1.807, 2.05) is 12.1 Å². The van der Waals surface area contributed by atoms with Crippen molar-refractivity contribution < 1.29 is 0 Å². The molecule has 0 spiro atoms. The van der Waals surface area contributed by atoms with Gasteiger partial charge < -0.3 is 4.40 Å². The van der Waals surface area contributed by atoms with E-state index in [2.05, 4.69) is 53.5 Å². The zero-order chi connectivity index (χ0) is 13.5. The minimum Gasteiger partial charge on any atom is -0.307 e. The van der Waals surface area contributed by atoms with E-state index in [-0.39, 0.29) is 0 Å². The predicted molar refractivity (Wildman–Crippen MR) is 78.0 cm³/mol. The smallest absolute Gasteiger partial charge is 0.137 e. The monoisotopic (exact) mass is 257 g/mol. The summed E-state index contributed by atoms with van der Waals surface area (Å²) in [6, 6.07) is 6.15. The van der Waals surface area contributed by atoms with E-state index in [0.29, 0.717) is 5.41 Å². The van der Waals surface area contributed by atoms with Crippen LogP contribution in [-0.2, 0) is 6.54 Å². The van der Waals surface area contributed by atoms with Crippen LogP contribution >= 0.6 is 0 Å². The molecular formula is C16H23N3. The fourth-order valence-electron chi connectivity index (χ4n) is 2.98. The van der Waals surface area contributed by atoms with Crippen molar-refractivity contribution in [2.75, 3.05) is 13.1 Å². The largest absolute Gasteiger partial charge is 0.307 e. The summed E-state index contributed by atoms with van der Waals surface area (Å²) in [7, 11) is 0. The minimum absolute atomic E-state index is 0.424. The number of pyridine rings is 1. The van der Waals surface area contributed by atoms with Gasteiger partial charge in [0.2, 0.25) is 0 Å². The van der Waals surface area contributed by atoms with Crippen LogP contribution in [0.3, 0.4) is 0 Å². The average molecular weight is 257 g/mol. The Morgan fingerprint density at radius 1 is 1.32 bits per heavy atom. The van der Waals surface area contributed by atoms with E-state index in [1.54, 1.807) is 0 Å². The van der Waals surface area contributed by atoms with Crippen LogP contribution in [0.5, 0.6) is 0 Å². The molecule has 0 radical (unpaired) electrons. The van der Waals surface area contributed by atoms with Gasteiger partial charge in [0.1, 0.15) is 5.65 Å². The van der Waals surface area contributed by atoms with E-state index in [9.17, 15) is 0 Å². The predicted octanol–water partition coefficient (Wildman–Crippen LogP) is 3.20. The van der Waals surface area contributed by atoms with Gasteiger partial charge in [0, 0.05) is 25.5 Å². The van der Waals surface area contributed by atoms with Crippen LogP contribution in [0.25, 0.3) is 5.65 Å². The van der Waals surface area contributed by atoms with E-state index in [1.165, 1.54) is 25.2 Å². The zero-order valence-corrected chi connectivity index (χ0v) is 12.1. The Morgan fingerprint density at radius 2 is 2.16 bits per heavy atom. The first kappa shape index (κ1) is 12.7. The third-order valence-corrected chi connectivity index (χ3v) is 4.30. The molecule has 0 aliphatic carbocycles. The van der Waals surface area contributed by atoms with Crippen molar-refractivity contribution in [1.82, 2.24) is 14.3 Å². The molecule has 2 aromatic rings. The molecule has 3 nitrogen and oxygen atoms in total. The van der Waals surface area contributed by atoms with Crippen LogP contribution in [0, 0.1) is 11.3 Å². The first-order valence-electron chi connectivity index (χ1n) is 7.17. The molecule has 0 saturated carbocycles. The second-order valence-electron chi connectivity index (χ2n) is 6.79. The van der Waals surface area contributed by atoms with Crippen molar-refractivity contribution in [3.05, 3.63) is 36.3 Å².